The van der Waals surface area contributed by atoms with Gasteiger partial charge >= 0.3 is 12.1 Å². The molecule has 37 heavy (non-hydrogen) atoms. The number of esters is 1. The first kappa shape index (κ1) is 25.1. The molecule has 2 amide bonds. The van der Waals surface area contributed by atoms with Crippen molar-refractivity contribution >= 4 is 34.9 Å². The molecule has 2 heterocycles. The maximum atomic E-state index is 14.7. The van der Waals surface area contributed by atoms with Crippen molar-refractivity contribution in [2.75, 3.05) is 10.2 Å². The Balaban J connectivity index is 1.76. The van der Waals surface area contributed by atoms with E-state index in [0.717, 1.165) is 21.7 Å². The lowest BCUT2D eigenvalue weighted by Crippen LogP contribution is -2.62. The number of carbonyl (C=O) groups excluding carboxylic acids is 3. The Hall–Kier alpha value is -3.61. The summed E-state index contributed by atoms with van der Waals surface area (Å²) in [6.45, 7) is 12.7. The highest BCUT2D eigenvalue weighted by molar-refractivity contribution is 6.24. The van der Waals surface area contributed by atoms with Gasteiger partial charge in [0.15, 0.2) is 0 Å². The van der Waals surface area contributed by atoms with Gasteiger partial charge in [0.25, 0.3) is 5.91 Å². The summed E-state index contributed by atoms with van der Waals surface area (Å²) < 4.78 is 11.6. The van der Waals surface area contributed by atoms with Crippen molar-refractivity contribution in [3.63, 3.8) is 0 Å². The second kappa shape index (κ2) is 8.20. The Morgan fingerprint density at radius 1 is 0.919 bits per heavy atom. The standard InChI is InChI=1S/C30H34N2O5/c1-17-16-19-18-12-8-10-14-21(18)31-24(19)30(23(17)25(33)36-28(2,3)4)20-13-9-11-15-22(20)32(26(30)34)27(35)37-29(5,6)7/h8-17,23-24,31H,1-7H3. The first-order valence-corrected chi connectivity index (χ1v) is 12.7. The molecule has 2 aromatic carbocycles. The first-order valence-electron chi connectivity index (χ1n) is 12.7. The van der Waals surface area contributed by atoms with E-state index in [0.29, 0.717) is 11.3 Å². The molecule has 3 aliphatic rings. The number of imide groups is 1. The Bertz CT molecular complexity index is 1330. The van der Waals surface area contributed by atoms with Gasteiger partial charge in [0.1, 0.15) is 16.6 Å². The van der Waals surface area contributed by atoms with Crippen molar-refractivity contribution in [2.45, 2.75) is 71.1 Å². The highest BCUT2D eigenvalue weighted by Crippen LogP contribution is 2.59. The number of ether oxygens (including phenoxy) is 2. The number of para-hydroxylation sites is 2. The summed E-state index contributed by atoms with van der Waals surface area (Å²) in [5.74, 6) is -2.17. The van der Waals surface area contributed by atoms with Gasteiger partial charge in [-0.15, -0.1) is 0 Å². The van der Waals surface area contributed by atoms with Crippen molar-refractivity contribution in [2.24, 2.45) is 11.8 Å². The van der Waals surface area contributed by atoms with Gasteiger partial charge in [0.05, 0.1) is 17.6 Å². The van der Waals surface area contributed by atoms with E-state index in [9.17, 15) is 14.4 Å². The maximum Gasteiger partial charge on any atom is 0.421 e. The summed E-state index contributed by atoms with van der Waals surface area (Å²) in [5.41, 5.74) is 0.888. The third-order valence-corrected chi connectivity index (χ3v) is 7.15. The normalized spacial score (nSPS) is 26.1. The zero-order valence-electron chi connectivity index (χ0n) is 22.4. The van der Waals surface area contributed by atoms with Gasteiger partial charge < -0.3 is 14.8 Å². The van der Waals surface area contributed by atoms with Crippen LogP contribution in [0.25, 0.3) is 5.57 Å². The minimum Gasteiger partial charge on any atom is -0.460 e. The average molecular weight is 503 g/mol. The van der Waals surface area contributed by atoms with Crippen molar-refractivity contribution in [3.8, 4) is 0 Å². The molecule has 1 aliphatic carbocycles. The van der Waals surface area contributed by atoms with Crippen LogP contribution >= 0.6 is 0 Å². The molecule has 0 aromatic heterocycles. The molecule has 0 bridgehead atoms. The van der Waals surface area contributed by atoms with Crippen LogP contribution in [0, 0.1) is 11.8 Å². The van der Waals surface area contributed by atoms with E-state index in [2.05, 4.69) is 11.4 Å². The van der Waals surface area contributed by atoms with Crippen LogP contribution in [0.1, 0.15) is 59.6 Å². The van der Waals surface area contributed by atoms with E-state index in [1.807, 2.05) is 64.1 Å². The fourth-order valence-corrected chi connectivity index (χ4v) is 6.03. The number of hydrogen-bond donors (Lipinski definition) is 1. The van der Waals surface area contributed by atoms with Crippen molar-refractivity contribution in [3.05, 3.63) is 65.7 Å². The molecule has 4 unspecified atom stereocenters. The average Bonchev–Trinajstić information content (AvgIpc) is 3.26. The Labute approximate surface area is 217 Å². The number of anilines is 2. The van der Waals surface area contributed by atoms with Crippen LogP contribution in [0.3, 0.4) is 0 Å². The van der Waals surface area contributed by atoms with Gasteiger partial charge in [-0.05, 0) is 70.7 Å². The van der Waals surface area contributed by atoms with Crippen LogP contribution in [0.15, 0.2) is 54.6 Å². The molecule has 1 N–H and O–H groups in total. The maximum absolute atomic E-state index is 14.7. The Morgan fingerprint density at radius 3 is 2.22 bits per heavy atom. The highest BCUT2D eigenvalue weighted by atomic mass is 16.6. The molecule has 5 rings (SSSR count). The van der Waals surface area contributed by atoms with Crippen LogP contribution in [0.5, 0.6) is 0 Å². The fourth-order valence-electron chi connectivity index (χ4n) is 6.03. The molecule has 2 aromatic rings. The molecule has 1 spiro atoms. The quantitative estimate of drug-likeness (QED) is 0.504. The topological polar surface area (TPSA) is 84.9 Å². The van der Waals surface area contributed by atoms with E-state index < -0.39 is 46.5 Å². The molecular formula is C30H34N2O5. The molecule has 194 valence electrons. The third kappa shape index (κ3) is 3.83. The monoisotopic (exact) mass is 502 g/mol. The first-order chi connectivity index (χ1) is 17.3. The summed E-state index contributed by atoms with van der Waals surface area (Å²) in [6, 6.07) is 14.5. The predicted octanol–water partition coefficient (Wildman–Crippen LogP) is 5.69. The number of allylic oxidation sites excluding steroid dienone is 1. The molecule has 0 saturated heterocycles. The van der Waals surface area contributed by atoms with Gasteiger partial charge in [-0.25, -0.2) is 9.69 Å². The second-order valence-corrected chi connectivity index (χ2v) is 12.1. The molecule has 7 heteroatoms. The smallest absolute Gasteiger partial charge is 0.421 e. The van der Waals surface area contributed by atoms with Crippen molar-refractivity contribution in [1.29, 1.82) is 0 Å². The van der Waals surface area contributed by atoms with Crippen molar-refractivity contribution < 1.29 is 23.9 Å². The number of carbonyl (C=O) groups is 3. The van der Waals surface area contributed by atoms with Gasteiger partial charge in [0.2, 0.25) is 0 Å². The SMILES string of the molecule is CC1C=C2c3ccccc3NC2C2(C(=O)N(C(=O)OC(C)(C)C)c3ccccc32)C1C(=O)OC(C)(C)C. The number of nitrogens with one attached hydrogen (secondary N) is 1. The molecule has 4 atom stereocenters. The molecule has 2 aliphatic heterocycles. The number of rotatable bonds is 1. The van der Waals surface area contributed by atoms with Crippen LogP contribution in [0.2, 0.25) is 0 Å². The fraction of sp³-hybridized carbons (Fsp3) is 0.433. The third-order valence-electron chi connectivity index (χ3n) is 7.15. The molecule has 0 fully saturated rings. The van der Waals surface area contributed by atoms with Crippen LogP contribution in [0.4, 0.5) is 16.2 Å². The summed E-state index contributed by atoms with van der Waals surface area (Å²) in [4.78, 5) is 43.3. The number of nitrogens with zero attached hydrogens (tertiary/aromatic N) is 1. The minimum absolute atomic E-state index is 0.343. The van der Waals surface area contributed by atoms with E-state index in [4.69, 9.17) is 9.47 Å². The summed E-state index contributed by atoms with van der Waals surface area (Å²) >= 11 is 0. The zero-order valence-corrected chi connectivity index (χ0v) is 22.4. The van der Waals surface area contributed by atoms with Gasteiger partial charge in [-0.3, -0.25) is 9.59 Å². The Morgan fingerprint density at radius 2 is 1.54 bits per heavy atom. The van der Waals surface area contributed by atoms with E-state index >= 15 is 0 Å². The zero-order chi connectivity index (χ0) is 26.9. The van der Waals surface area contributed by atoms with E-state index in [1.165, 1.54) is 0 Å². The Kier molecular flexibility index (Phi) is 5.55. The lowest BCUT2D eigenvalue weighted by Gasteiger charge is -2.46. The predicted molar refractivity (Wildman–Crippen MR) is 142 cm³/mol. The number of amides is 2. The summed E-state index contributed by atoms with van der Waals surface area (Å²) in [5, 5.41) is 3.54. The lowest BCUT2D eigenvalue weighted by atomic mass is 9.57. The molecule has 0 saturated carbocycles. The van der Waals surface area contributed by atoms with Gasteiger partial charge in [0, 0.05) is 11.3 Å². The number of benzene rings is 2. The van der Waals surface area contributed by atoms with Crippen LogP contribution in [-0.2, 0) is 24.5 Å². The lowest BCUT2D eigenvalue weighted by molar-refractivity contribution is -0.166. The van der Waals surface area contributed by atoms with E-state index in [1.54, 1.807) is 32.9 Å². The summed E-state index contributed by atoms with van der Waals surface area (Å²) in [7, 11) is 0. The highest BCUT2D eigenvalue weighted by Gasteiger charge is 2.68. The van der Waals surface area contributed by atoms with E-state index in [-0.39, 0.29) is 5.92 Å². The number of hydrogen-bond acceptors (Lipinski definition) is 6. The summed E-state index contributed by atoms with van der Waals surface area (Å²) in [6.07, 6.45) is 1.30. The van der Waals surface area contributed by atoms with Crippen LogP contribution in [-0.4, -0.2) is 35.2 Å². The number of fused-ring (bicyclic) bond motifs is 6. The van der Waals surface area contributed by atoms with Gasteiger partial charge in [-0.1, -0.05) is 49.4 Å². The van der Waals surface area contributed by atoms with Crippen LogP contribution < -0.4 is 10.2 Å². The largest absolute Gasteiger partial charge is 0.460 e. The minimum atomic E-state index is -1.42. The molecule has 7 nitrogen and oxygen atoms in total. The van der Waals surface area contributed by atoms with Crippen molar-refractivity contribution in [1.82, 2.24) is 0 Å². The molecular weight excluding hydrogens is 468 g/mol. The second-order valence-electron chi connectivity index (χ2n) is 12.1. The van der Waals surface area contributed by atoms with Gasteiger partial charge in [-0.2, -0.15) is 0 Å². The molecule has 0 radical (unpaired) electrons.